The molecule has 0 saturated carbocycles. The van der Waals surface area contributed by atoms with Gasteiger partial charge in [0.1, 0.15) is 11.3 Å². The van der Waals surface area contributed by atoms with E-state index in [1.807, 2.05) is 36.4 Å². The predicted molar refractivity (Wildman–Crippen MR) is 95.9 cm³/mol. The lowest BCUT2D eigenvalue weighted by Crippen LogP contribution is -2.59. The van der Waals surface area contributed by atoms with Gasteiger partial charge in [0.2, 0.25) is 5.91 Å². The molecule has 1 heterocycles. The molecule has 0 radical (unpaired) electrons. The number of methoxy groups -OCH3 is 1. The van der Waals surface area contributed by atoms with Crippen molar-refractivity contribution < 1.29 is 9.53 Å². The SMILES string of the molecule is COc1ccc(-c2ccccc2CC2(C(N)=O)CCCCN2)cc1. The maximum Gasteiger partial charge on any atom is 0.238 e. The van der Waals surface area contributed by atoms with E-state index in [1.54, 1.807) is 7.11 Å². The van der Waals surface area contributed by atoms with Crippen molar-refractivity contribution >= 4 is 5.91 Å². The van der Waals surface area contributed by atoms with E-state index in [0.717, 1.165) is 48.2 Å². The lowest BCUT2D eigenvalue weighted by molar-refractivity contribution is -0.125. The summed E-state index contributed by atoms with van der Waals surface area (Å²) < 4.78 is 5.23. The number of ether oxygens (including phenoxy) is 1. The Labute approximate surface area is 143 Å². The first-order valence-corrected chi connectivity index (χ1v) is 8.42. The molecule has 1 aliphatic rings. The largest absolute Gasteiger partial charge is 0.497 e. The number of carbonyl (C=O) groups excluding carboxylic acids is 1. The first kappa shape index (κ1) is 16.5. The Kier molecular flexibility index (Phi) is 4.86. The number of amides is 1. The van der Waals surface area contributed by atoms with Gasteiger partial charge in [-0.3, -0.25) is 4.79 Å². The summed E-state index contributed by atoms with van der Waals surface area (Å²) >= 11 is 0. The summed E-state index contributed by atoms with van der Waals surface area (Å²) in [7, 11) is 1.66. The maximum absolute atomic E-state index is 12.2. The highest BCUT2D eigenvalue weighted by Crippen LogP contribution is 2.31. The van der Waals surface area contributed by atoms with Crippen LogP contribution < -0.4 is 15.8 Å². The molecule has 0 aromatic heterocycles. The zero-order chi connectivity index (χ0) is 17.0. The van der Waals surface area contributed by atoms with E-state index >= 15 is 0 Å². The van der Waals surface area contributed by atoms with Crippen LogP contribution in [0.1, 0.15) is 24.8 Å². The van der Waals surface area contributed by atoms with Gasteiger partial charge in [0, 0.05) is 6.42 Å². The molecule has 1 atom stereocenters. The third-order valence-corrected chi connectivity index (χ3v) is 4.88. The predicted octanol–water partition coefficient (Wildman–Crippen LogP) is 2.90. The van der Waals surface area contributed by atoms with Crippen molar-refractivity contribution in [3.63, 3.8) is 0 Å². The molecule has 1 aliphatic heterocycles. The Hall–Kier alpha value is -2.33. The Bertz CT molecular complexity index is 704. The average molecular weight is 324 g/mol. The summed E-state index contributed by atoms with van der Waals surface area (Å²) in [5.41, 5.74) is 8.50. The minimum atomic E-state index is -0.638. The van der Waals surface area contributed by atoms with E-state index in [2.05, 4.69) is 17.4 Å². The third-order valence-electron chi connectivity index (χ3n) is 4.88. The number of rotatable bonds is 5. The minimum absolute atomic E-state index is 0.258. The molecule has 126 valence electrons. The van der Waals surface area contributed by atoms with Gasteiger partial charge in [-0.05, 0) is 54.6 Å². The van der Waals surface area contributed by atoms with E-state index in [0.29, 0.717) is 6.42 Å². The molecule has 3 rings (SSSR count). The number of piperidine rings is 1. The van der Waals surface area contributed by atoms with Crippen LogP contribution in [0.3, 0.4) is 0 Å². The average Bonchev–Trinajstić information content (AvgIpc) is 2.63. The molecule has 4 heteroatoms. The number of nitrogens with one attached hydrogen (secondary N) is 1. The highest BCUT2D eigenvalue weighted by molar-refractivity contribution is 5.85. The lowest BCUT2D eigenvalue weighted by Gasteiger charge is -2.36. The molecule has 4 nitrogen and oxygen atoms in total. The molecule has 1 fully saturated rings. The van der Waals surface area contributed by atoms with E-state index < -0.39 is 5.54 Å². The standard InChI is InChI=1S/C20H24N2O2/c1-24-17-10-8-15(9-11-17)18-7-3-2-6-16(18)14-20(19(21)23)12-4-5-13-22-20/h2-3,6-11,22H,4-5,12-14H2,1H3,(H2,21,23). The van der Waals surface area contributed by atoms with Crippen LogP contribution in [-0.4, -0.2) is 25.1 Å². The van der Waals surface area contributed by atoms with Gasteiger partial charge >= 0.3 is 0 Å². The smallest absolute Gasteiger partial charge is 0.238 e. The molecule has 1 saturated heterocycles. The van der Waals surface area contributed by atoms with Crippen molar-refractivity contribution in [2.75, 3.05) is 13.7 Å². The van der Waals surface area contributed by atoms with Gasteiger partial charge < -0.3 is 15.8 Å². The minimum Gasteiger partial charge on any atom is -0.497 e. The van der Waals surface area contributed by atoms with Crippen LogP contribution in [0.4, 0.5) is 0 Å². The van der Waals surface area contributed by atoms with Crippen LogP contribution in [0.25, 0.3) is 11.1 Å². The highest BCUT2D eigenvalue weighted by atomic mass is 16.5. The van der Waals surface area contributed by atoms with Gasteiger partial charge in [0.15, 0.2) is 0 Å². The molecule has 0 spiro atoms. The fourth-order valence-corrected chi connectivity index (χ4v) is 3.47. The fourth-order valence-electron chi connectivity index (χ4n) is 3.47. The summed E-state index contributed by atoms with van der Waals surface area (Å²) in [6.45, 7) is 0.841. The molecule has 2 aromatic carbocycles. The quantitative estimate of drug-likeness (QED) is 0.889. The third kappa shape index (κ3) is 3.29. The number of nitrogens with two attached hydrogens (primary N) is 1. The Morgan fingerprint density at radius 2 is 1.92 bits per heavy atom. The molecule has 24 heavy (non-hydrogen) atoms. The zero-order valence-corrected chi connectivity index (χ0v) is 14.0. The monoisotopic (exact) mass is 324 g/mol. The number of carbonyl (C=O) groups is 1. The zero-order valence-electron chi connectivity index (χ0n) is 14.0. The van der Waals surface area contributed by atoms with Crippen LogP contribution in [0, 0.1) is 0 Å². The van der Waals surface area contributed by atoms with Gasteiger partial charge in [-0.1, -0.05) is 36.4 Å². The van der Waals surface area contributed by atoms with E-state index in [1.165, 1.54) is 0 Å². The summed E-state index contributed by atoms with van der Waals surface area (Å²) in [6.07, 6.45) is 3.53. The lowest BCUT2D eigenvalue weighted by atomic mass is 9.80. The van der Waals surface area contributed by atoms with Crippen LogP contribution in [0.2, 0.25) is 0 Å². The first-order chi connectivity index (χ1) is 11.6. The van der Waals surface area contributed by atoms with Crippen molar-refractivity contribution in [2.24, 2.45) is 5.73 Å². The molecule has 0 aliphatic carbocycles. The molecular weight excluding hydrogens is 300 g/mol. The summed E-state index contributed by atoms with van der Waals surface area (Å²) in [5.74, 6) is 0.575. The van der Waals surface area contributed by atoms with Crippen LogP contribution in [0.15, 0.2) is 48.5 Å². The van der Waals surface area contributed by atoms with Gasteiger partial charge in [-0.2, -0.15) is 0 Å². The normalized spacial score (nSPS) is 20.5. The van der Waals surface area contributed by atoms with Gasteiger partial charge in [-0.25, -0.2) is 0 Å². The van der Waals surface area contributed by atoms with Gasteiger partial charge in [-0.15, -0.1) is 0 Å². The van der Waals surface area contributed by atoms with Crippen molar-refractivity contribution in [3.8, 4) is 16.9 Å². The second kappa shape index (κ2) is 7.05. The van der Waals surface area contributed by atoms with Crippen molar-refractivity contribution in [2.45, 2.75) is 31.2 Å². The van der Waals surface area contributed by atoms with Crippen molar-refractivity contribution in [1.82, 2.24) is 5.32 Å². The summed E-state index contributed by atoms with van der Waals surface area (Å²) in [5, 5.41) is 3.38. The van der Waals surface area contributed by atoms with Crippen molar-refractivity contribution in [1.29, 1.82) is 0 Å². The highest BCUT2D eigenvalue weighted by Gasteiger charge is 2.38. The van der Waals surface area contributed by atoms with E-state index in [9.17, 15) is 4.79 Å². The number of benzene rings is 2. The van der Waals surface area contributed by atoms with Crippen molar-refractivity contribution in [3.05, 3.63) is 54.1 Å². The second-order valence-electron chi connectivity index (χ2n) is 6.39. The second-order valence-corrected chi connectivity index (χ2v) is 6.39. The first-order valence-electron chi connectivity index (χ1n) is 8.42. The van der Waals surface area contributed by atoms with Crippen LogP contribution in [0.5, 0.6) is 5.75 Å². The van der Waals surface area contributed by atoms with Crippen LogP contribution in [-0.2, 0) is 11.2 Å². The Morgan fingerprint density at radius 3 is 2.54 bits per heavy atom. The van der Waals surface area contributed by atoms with Gasteiger partial charge in [0.05, 0.1) is 7.11 Å². The number of hydrogen-bond donors (Lipinski definition) is 2. The maximum atomic E-state index is 12.2. The van der Waals surface area contributed by atoms with Crippen LogP contribution >= 0.6 is 0 Å². The Morgan fingerprint density at radius 1 is 1.17 bits per heavy atom. The summed E-state index contributed by atoms with van der Waals surface area (Å²) in [6, 6.07) is 16.2. The Balaban J connectivity index is 1.94. The molecule has 3 N–H and O–H groups in total. The fraction of sp³-hybridized carbons (Fsp3) is 0.350. The molecule has 1 amide bonds. The van der Waals surface area contributed by atoms with E-state index in [-0.39, 0.29) is 5.91 Å². The molecular formula is C20H24N2O2. The summed E-state index contributed by atoms with van der Waals surface area (Å²) in [4.78, 5) is 12.2. The van der Waals surface area contributed by atoms with Gasteiger partial charge in [0.25, 0.3) is 0 Å². The number of primary amides is 1. The topological polar surface area (TPSA) is 64.3 Å². The number of hydrogen-bond acceptors (Lipinski definition) is 3. The molecule has 1 unspecified atom stereocenters. The van der Waals surface area contributed by atoms with E-state index in [4.69, 9.17) is 10.5 Å². The molecule has 0 bridgehead atoms. The molecule has 2 aromatic rings.